The monoisotopic (exact) mass is 178 g/mol. The molecule has 0 aliphatic rings. The van der Waals surface area contributed by atoms with Gasteiger partial charge in [-0.2, -0.15) is 0 Å². The van der Waals surface area contributed by atoms with Crippen molar-refractivity contribution in [2.45, 2.75) is 52.6 Å². The van der Waals surface area contributed by atoms with Gasteiger partial charge in [0.25, 0.3) is 0 Å². The Hall–Kier alpha value is -0.140. The Balaban J connectivity index is 4.66. The number of rotatable bonds is 5. The maximum atomic E-state index is 13.9. The van der Waals surface area contributed by atoms with Gasteiger partial charge in [0.15, 0.2) is 0 Å². The quantitative estimate of drug-likeness (QED) is 0.599. The first kappa shape index (κ1) is 11.9. The number of halogens is 2. The molecule has 0 N–H and O–H groups in total. The van der Waals surface area contributed by atoms with Crippen LogP contribution in [0, 0.1) is 5.41 Å². The molecule has 0 saturated heterocycles. The summed E-state index contributed by atoms with van der Waals surface area (Å²) in [5.74, 6) is 0. The van der Waals surface area contributed by atoms with E-state index in [0.717, 1.165) is 0 Å². The molecular formula is C10H20F2. The van der Waals surface area contributed by atoms with Crippen LogP contribution in [-0.2, 0) is 0 Å². The highest BCUT2D eigenvalue weighted by Gasteiger charge is 2.45. The fourth-order valence-corrected chi connectivity index (χ4v) is 1.57. The molecule has 0 aromatic carbocycles. The molecule has 0 aliphatic heterocycles. The lowest BCUT2D eigenvalue weighted by molar-refractivity contribution is -0.0270. The zero-order valence-corrected chi connectivity index (χ0v) is 8.58. The Morgan fingerprint density at radius 1 is 1.00 bits per heavy atom. The van der Waals surface area contributed by atoms with Crippen molar-refractivity contribution in [3.63, 3.8) is 0 Å². The molecule has 2 heteroatoms. The number of hydrogen-bond donors (Lipinski definition) is 0. The zero-order chi connectivity index (χ0) is 9.83. The van der Waals surface area contributed by atoms with Crippen molar-refractivity contribution >= 4 is 0 Å². The first-order chi connectivity index (χ1) is 5.49. The van der Waals surface area contributed by atoms with Crippen LogP contribution in [0.15, 0.2) is 0 Å². The van der Waals surface area contributed by atoms with Crippen LogP contribution in [0.3, 0.4) is 0 Å². The second kappa shape index (κ2) is 4.20. The van der Waals surface area contributed by atoms with E-state index < -0.39 is 17.8 Å². The Bertz CT molecular complexity index is 108. The highest BCUT2D eigenvalue weighted by Crippen LogP contribution is 2.43. The van der Waals surface area contributed by atoms with Crippen molar-refractivity contribution in [1.82, 2.24) is 0 Å². The highest BCUT2D eigenvalue weighted by atomic mass is 19.2. The maximum absolute atomic E-state index is 13.9. The van der Waals surface area contributed by atoms with Crippen LogP contribution in [-0.4, -0.2) is 12.3 Å². The summed E-state index contributed by atoms with van der Waals surface area (Å²) in [7, 11) is 0. The SMILES string of the molecule is CCC(C)(CC)C(F)(CC)CF. The lowest BCUT2D eigenvalue weighted by Gasteiger charge is -2.39. The van der Waals surface area contributed by atoms with Gasteiger partial charge in [-0.25, -0.2) is 8.78 Å². The summed E-state index contributed by atoms with van der Waals surface area (Å²) in [6.45, 7) is 6.52. The summed E-state index contributed by atoms with van der Waals surface area (Å²) in [4.78, 5) is 0. The van der Waals surface area contributed by atoms with Gasteiger partial charge in [0.2, 0.25) is 0 Å². The zero-order valence-electron chi connectivity index (χ0n) is 8.58. The summed E-state index contributed by atoms with van der Waals surface area (Å²) >= 11 is 0. The molecule has 0 rings (SSSR count). The van der Waals surface area contributed by atoms with Crippen molar-refractivity contribution in [3.8, 4) is 0 Å². The summed E-state index contributed by atoms with van der Waals surface area (Å²) in [6, 6.07) is 0. The van der Waals surface area contributed by atoms with Crippen molar-refractivity contribution in [3.05, 3.63) is 0 Å². The summed E-state index contributed by atoms with van der Waals surface area (Å²) in [5.41, 5.74) is -2.13. The molecule has 0 bridgehead atoms. The maximum Gasteiger partial charge on any atom is 0.144 e. The van der Waals surface area contributed by atoms with Crippen LogP contribution in [0.2, 0.25) is 0 Å². The van der Waals surface area contributed by atoms with E-state index in [2.05, 4.69) is 0 Å². The average molecular weight is 178 g/mol. The van der Waals surface area contributed by atoms with Crippen LogP contribution in [0.25, 0.3) is 0 Å². The Kier molecular flexibility index (Phi) is 4.15. The molecule has 0 radical (unpaired) electrons. The third-order valence-corrected chi connectivity index (χ3v) is 3.41. The van der Waals surface area contributed by atoms with E-state index in [1.54, 1.807) is 6.92 Å². The van der Waals surface area contributed by atoms with Gasteiger partial charge in [-0.1, -0.05) is 27.7 Å². The molecule has 12 heavy (non-hydrogen) atoms. The van der Waals surface area contributed by atoms with E-state index in [4.69, 9.17) is 0 Å². The van der Waals surface area contributed by atoms with Gasteiger partial charge in [0.1, 0.15) is 12.3 Å². The summed E-state index contributed by atoms with van der Waals surface area (Å²) < 4.78 is 26.5. The molecule has 0 aromatic heterocycles. The molecular weight excluding hydrogens is 158 g/mol. The Labute approximate surface area is 74.4 Å². The smallest absolute Gasteiger partial charge is 0.144 e. The first-order valence-electron chi connectivity index (χ1n) is 4.74. The molecule has 0 heterocycles. The number of hydrogen-bond acceptors (Lipinski definition) is 0. The molecule has 0 aromatic rings. The van der Waals surface area contributed by atoms with Gasteiger partial charge in [-0.15, -0.1) is 0 Å². The van der Waals surface area contributed by atoms with Gasteiger partial charge < -0.3 is 0 Å². The Morgan fingerprint density at radius 2 is 1.42 bits per heavy atom. The predicted octanol–water partition coefficient (Wildman–Crippen LogP) is 3.90. The fraction of sp³-hybridized carbons (Fsp3) is 1.00. The van der Waals surface area contributed by atoms with Gasteiger partial charge >= 0.3 is 0 Å². The van der Waals surface area contributed by atoms with Crippen LogP contribution < -0.4 is 0 Å². The highest BCUT2D eigenvalue weighted by molar-refractivity contribution is 4.93. The van der Waals surface area contributed by atoms with E-state index in [1.807, 2.05) is 20.8 Å². The van der Waals surface area contributed by atoms with Gasteiger partial charge in [-0.05, 0) is 19.3 Å². The standard InChI is InChI=1S/C10H20F2/c1-5-9(4,6-2)10(12,7-3)8-11/h5-8H2,1-4H3. The van der Waals surface area contributed by atoms with Gasteiger partial charge in [0.05, 0.1) is 0 Å². The van der Waals surface area contributed by atoms with Crippen molar-refractivity contribution in [1.29, 1.82) is 0 Å². The van der Waals surface area contributed by atoms with Crippen LogP contribution in [0.1, 0.15) is 47.0 Å². The van der Waals surface area contributed by atoms with Crippen LogP contribution in [0.4, 0.5) is 8.78 Å². The normalized spacial score (nSPS) is 17.5. The second-order valence-corrected chi connectivity index (χ2v) is 3.72. The van der Waals surface area contributed by atoms with E-state index >= 15 is 0 Å². The molecule has 74 valence electrons. The third-order valence-electron chi connectivity index (χ3n) is 3.41. The second-order valence-electron chi connectivity index (χ2n) is 3.72. The Morgan fingerprint density at radius 3 is 1.50 bits per heavy atom. The average Bonchev–Trinajstić information content (AvgIpc) is 2.15. The largest absolute Gasteiger partial charge is 0.248 e. The number of alkyl halides is 2. The molecule has 0 nitrogen and oxygen atoms in total. The summed E-state index contributed by atoms with van der Waals surface area (Å²) in [5, 5.41) is 0. The van der Waals surface area contributed by atoms with Crippen molar-refractivity contribution < 1.29 is 8.78 Å². The molecule has 0 saturated carbocycles. The minimum absolute atomic E-state index is 0.266. The fourth-order valence-electron chi connectivity index (χ4n) is 1.57. The lowest BCUT2D eigenvalue weighted by atomic mass is 9.70. The molecule has 0 spiro atoms. The van der Waals surface area contributed by atoms with Crippen molar-refractivity contribution in [2.24, 2.45) is 5.41 Å². The van der Waals surface area contributed by atoms with E-state index in [-0.39, 0.29) is 6.42 Å². The van der Waals surface area contributed by atoms with Crippen LogP contribution >= 0.6 is 0 Å². The predicted molar refractivity (Wildman–Crippen MR) is 48.8 cm³/mol. The van der Waals surface area contributed by atoms with Crippen molar-refractivity contribution in [2.75, 3.05) is 6.67 Å². The van der Waals surface area contributed by atoms with Gasteiger partial charge in [0, 0.05) is 5.41 Å². The topological polar surface area (TPSA) is 0 Å². The van der Waals surface area contributed by atoms with Crippen LogP contribution in [0.5, 0.6) is 0 Å². The van der Waals surface area contributed by atoms with E-state index in [0.29, 0.717) is 12.8 Å². The van der Waals surface area contributed by atoms with E-state index in [1.165, 1.54) is 0 Å². The van der Waals surface area contributed by atoms with Gasteiger partial charge in [-0.3, -0.25) is 0 Å². The molecule has 1 unspecified atom stereocenters. The lowest BCUT2D eigenvalue weighted by Crippen LogP contribution is -2.43. The minimum atomic E-state index is -1.63. The van der Waals surface area contributed by atoms with E-state index in [9.17, 15) is 8.78 Å². The third kappa shape index (κ3) is 1.78. The first-order valence-corrected chi connectivity index (χ1v) is 4.74. The summed E-state index contributed by atoms with van der Waals surface area (Å²) in [6.07, 6.45) is 1.65. The molecule has 0 fully saturated rings. The molecule has 0 amide bonds. The molecule has 1 atom stereocenters. The molecule has 0 aliphatic carbocycles. The minimum Gasteiger partial charge on any atom is -0.248 e.